The van der Waals surface area contributed by atoms with Crippen LogP contribution in [0.2, 0.25) is 0 Å². The third kappa shape index (κ3) is 2.82. The Hall–Kier alpha value is -2.34. The molecule has 2 N–H and O–H groups in total. The lowest BCUT2D eigenvalue weighted by molar-refractivity contribution is 0.0957. The number of anilines is 1. The Morgan fingerprint density at radius 1 is 1.35 bits per heavy atom. The highest BCUT2D eigenvalue weighted by Gasteiger charge is 2.40. The van der Waals surface area contributed by atoms with E-state index in [0.29, 0.717) is 24.2 Å². The van der Waals surface area contributed by atoms with E-state index in [1.54, 1.807) is 30.3 Å². The maximum Gasteiger partial charge on any atom is 0.321 e. The highest BCUT2D eigenvalue weighted by atomic mass is 16.3. The average molecular weight is 315 g/mol. The van der Waals surface area contributed by atoms with Gasteiger partial charge in [0, 0.05) is 42.8 Å². The number of hydrogen-bond donors (Lipinski definition) is 2. The SMILES string of the molecule is Cn1ccc2ccc(NC(=O)N3C[C@H](O)C(C)(C)C3)cc2c1=O. The van der Waals surface area contributed by atoms with E-state index in [1.807, 2.05) is 26.0 Å². The van der Waals surface area contributed by atoms with E-state index in [9.17, 15) is 14.7 Å². The Bertz CT molecular complexity index is 825. The average Bonchev–Trinajstić information content (AvgIpc) is 2.77. The number of amides is 2. The zero-order chi connectivity index (χ0) is 16.8. The number of pyridine rings is 1. The van der Waals surface area contributed by atoms with Crippen LogP contribution in [0.15, 0.2) is 35.3 Å². The second kappa shape index (κ2) is 5.38. The van der Waals surface area contributed by atoms with E-state index >= 15 is 0 Å². The molecule has 1 saturated heterocycles. The minimum absolute atomic E-state index is 0.101. The van der Waals surface area contributed by atoms with Gasteiger partial charge in [-0.25, -0.2) is 4.79 Å². The van der Waals surface area contributed by atoms with Gasteiger partial charge in [0.15, 0.2) is 0 Å². The van der Waals surface area contributed by atoms with Crippen molar-refractivity contribution < 1.29 is 9.90 Å². The van der Waals surface area contributed by atoms with Gasteiger partial charge in [0.2, 0.25) is 0 Å². The Kier molecular flexibility index (Phi) is 3.64. The lowest BCUT2D eigenvalue weighted by Crippen LogP contribution is -2.34. The smallest absolute Gasteiger partial charge is 0.321 e. The molecule has 1 aliphatic rings. The molecule has 23 heavy (non-hydrogen) atoms. The largest absolute Gasteiger partial charge is 0.391 e. The zero-order valence-electron chi connectivity index (χ0n) is 13.5. The number of aryl methyl sites for hydroxylation is 1. The van der Waals surface area contributed by atoms with Crippen molar-refractivity contribution >= 4 is 22.5 Å². The number of carbonyl (C=O) groups is 1. The minimum atomic E-state index is -0.530. The fourth-order valence-corrected chi connectivity index (χ4v) is 2.89. The number of rotatable bonds is 1. The lowest BCUT2D eigenvalue weighted by atomic mass is 9.90. The Morgan fingerprint density at radius 2 is 2.09 bits per heavy atom. The molecule has 0 radical (unpaired) electrons. The van der Waals surface area contributed by atoms with Gasteiger partial charge in [0.25, 0.3) is 5.56 Å². The molecule has 1 fully saturated rings. The molecule has 1 atom stereocenters. The number of nitrogens with zero attached hydrogens (tertiary/aromatic N) is 2. The number of likely N-dealkylation sites (tertiary alicyclic amines) is 1. The molecule has 2 amide bonds. The summed E-state index contributed by atoms with van der Waals surface area (Å²) >= 11 is 0. The van der Waals surface area contributed by atoms with Crippen LogP contribution in [-0.4, -0.2) is 39.8 Å². The van der Waals surface area contributed by atoms with Gasteiger partial charge >= 0.3 is 6.03 Å². The van der Waals surface area contributed by atoms with Crippen LogP contribution in [0, 0.1) is 5.41 Å². The Labute approximate surface area is 134 Å². The van der Waals surface area contributed by atoms with Gasteiger partial charge in [-0.1, -0.05) is 19.9 Å². The minimum Gasteiger partial charge on any atom is -0.391 e. The van der Waals surface area contributed by atoms with E-state index in [0.717, 1.165) is 5.39 Å². The van der Waals surface area contributed by atoms with Gasteiger partial charge in [-0.2, -0.15) is 0 Å². The molecular weight excluding hydrogens is 294 g/mol. The standard InChI is InChI=1S/C17H21N3O3/c1-17(2)10-20(9-14(17)21)16(23)18-12-5-4-11-6-7-19(3)15(22)13(11)8-12/h4-8,14,21H,9-10H2,1-3H3,(H,18,23)/t14-/m0/s1. The van der Waals surface area contributed by atoms with Gasteiger partial charge < -0.3 is 19.9 Å². The quantitative estimate of drug-likeness (QED) is 0.842. The van der Waals surface area contributed by atoms with Crippen molar-refractivity contribution in [3.63, 3.8) is 0 Å². The van der Waals surface area contributed by atoms with Gasteiger partial charge in [-0.15, -0.1) is 0 Å². The molecule has 6 nitrogen and oxygen atoms in total. The first-order chi connectivity index (χ1) is 10.8. The number of β-amino-alcohol motifs (C(OH)–C–C–N with tert-alkyl or cyclic N) is 1. The number of fused-ring (bicyclic) bond motifs is 1. The maximum absolute atomic E-state index is 12.4. The summed E-state index contributed by atoms with van der Waals surface area (Å²) in [6.07, 6.45) is 1.19. The third-order valence-corrected chi connectivity index (χ3v) is 4.51. The summed E-state index contributed by atoms with van der Waals surface area (Å²) in [5.41, 5.74) is 0.165. The van der Waals surface area contributed by atoms with Crippen LogP contribution in [0.5, 0.6) is 0 Å². The molecular formula is C17H21N3O3. The first-order valence-corrected chi connectivity index (χ1v) is 7.61. The molecule has 1 aromatic heterocycles. The van der Waals surface area contributed by atoms with Crippen molar-refractivity contribution in [2.24, 2.45) is 12.5 Å². The molecule has 6 heteroatoms. The number of hydrogen-bond acceptors (Lipinski definition) is 3. The number of nitrogens with one attached hydrogen (secondary N) is 1. The molecule has 1 aromatic carbocycles. The number of aliphatic hydroxyl groups excluding tert-OH is 1. The van der Waals surface area contributed by atoms with Crippen LogP contribution in [0.4, 0.5) is 10.5 Å². The first kappa shape index (κ1) is 15.6. The first-order valence-electron chi connectivity index (χ1n) is 7.61. The summed E-state index contributed by atoms with van der Waals surface area (Å²) in [6.45, 7) is 4.68. The summed E-state index contributed by atoms with van der Waals surface area (Å²) in [7, 11) is 1.70. The van der Waals surface area contributed by atoms with Gasteiger partial charge in [-0.3, -0.25) is 4.79 Å². The number of urea groups is 1. The van der Waals surface area contributed by atoms with Crippen LogP contribution in [0.25, 0.3) is 10.8 Å². The van der Waals surface area contributed by atoms with Crippen LogP contribution >= 0.6 is 0 Å². The number of benzene rings is 1. The molecule has 0 bridgehead atoms. The normalized spacial score (nSPS) is 20.0. The van der Waals surface area contributed by atoms with Crippen molar-refractivity contribution in [3.05, 3.63) is 40.8 Å². The predicted octanol–water partition coefficient (Wildman–Crippen LogP) is 1.77. The van der Waals surface area contributed by atoms with E-state index in [2.05, 4.69) is 5.32 Å². The van der Waals surface area contributed by atoms with Crippen LogP contribution < -0.4 is 10.9 Å². The van der Waals surface area contributed by atoms with Crippen LogP contribution in [-0.2, 0) is 7.05 Å². The summed E-state index contributed by atoms with van der Waals surface area (Å²) in [5, 5.41) is 14.2. The molecule has 3 rings (SSSR count). The molecule has 0 aliphatic carbocycles. The molecule has 1 aliphatic heterocycles. The second-order valence-electron chi connectivity index (χ2n) is 6.85. The highest BCUT2D eigenvalue weighted by molar-refractivity contribution is 5.93. The van der Waals surface area contributed by atoms with Gasteiger partial charge in [0.1, 0.15) is 0 Å². The monoisotopic (exact) mass is 315 g/mol. The fraction of sp³-hybridized carbons (Fsp3) is 0.412. The summed E-state index contributed by atoms with van der Waals surface area (Å²) in [5.74, 6) is 0. The third-order valence-electron chi connectivity index (χ3n) is 4.51. The molecule has 0 saturated carbocycles. The van der Waals surface area contributed by atoms with Crippen molar-refractivity contribution in [1.82, 2.24) is 9.47 Å². The molecule has 0 unspecified atom stereocenters. The van der Waals surface area contributed by atoms with E-state index < -0.39 is 6.10 Å². The van der Waals surface area contributed by atoms with Gasteiger partial charge in [0.05, 0.1) is 6.10 Å². The summed E-state index contributed by atoms with van der Waals surface area (Å²) in [4.78, 5) is 26.1. The molecule has 2 aromatic rings. The fourth-order valence-electron chi connectivity index (χ4n) is 2.89. The number of aromatic nitrogens is 1. The highest BCUT2D eigenvalue weighted by Crippen LogP contribution is 2.29. The Balaban J connectivity index is 1.83. The Morgan fingerprint density at radius 3 is 2.74 bits per heavy atom. The topological polar surface area (TPSA) is 74.6 Å². The van der Waals surface area contributed by atoms with Crippen molar-refractivity contribution in [2.75, 3.05) is 18.4 Å². The van der Waals surface area contributed by atoms with Gasteiger partial charge in [-0.05, 0) is 23.6 Å². The molecule has 122 valence electrons. The number of carbonyl (C=O) groups excluding carboxylic acids is 1. The summed E-state index contributed by atoms with van der Waals surface area (Å²) < 4.78 is 1.51. The van der Waals surface area contributed by atoms with Crippen molar-refractivity contribution in [2.45, 2.75) is 20.0 Å². The second-order valence-corrected chi connectivity index (χ2v) is 6.85. The van der Waals surface area contributed by atoms with E-state index in [1.165, 1.54) is 4.57 Å². The number of aliphatic hydroxyl groups is 1. The van der Waals surface area contributed by atoms with Crippen LogP contribution in [0.1, 0.15) is 13.8 Å². The van der Waals surface area contributed by atoms with E-state index in [-0.39, 0.29) is 17.0 Å². The lowest BCUT2D eigenvalue weighted by Gasteiger charge is -2.21. The predicted molar refractivity (Wildman–Crippen MR) is 89.6 cm³/mol. The molecule has 0 spiro atoms. The van der Waals surface area contributed by atoms with Crippen molar-refractivity contribution in [1.29, 1.82) is 0 Å². The maximum atomic E-state index is 12.4. The van der Waals surface area contributed by atoms with E-state index in [4.69, 9.17) is 0 Å². The van der Waals surface area contributed by atoms with Crippen molar-refractivity contribution in [3.8, 4) is 0 Å². The van der Waals surface area contributed by atoms with Crippen LogP contribution in [0.3, 0.4) is 0 Å². The zero-order valence-corrected chi connectivity index (χ0v) is 13.5. The molecule has 2 heterocycles. The summed E-state index contributed by atoms with van der Waals surface area (Å²) in [6, 6.07) is 6.88.